The molecule has 0 radical (unpaired) electrons. The summed E-state index contributed by atoms with van der Waals surface area (Å²) in [5, 5.41) is 8.51. The van der Waals surface area contributed by atoms with Crippen molar-refractivity contribution in [1.29, 1.82) is 0 Å². The topological polar surface area (TPSA) is 74.2 Å². The number of nitrogen functional groups attached to an aromatic ring is 1. The molecule has 3 rings (SSSR count). The summed E-state index contributed by atoms with van der Waals surface area (Å²) in [6, 6.07) is 11.0. The fourth-order valence-electron chi connectivity index (χ4n) is 2.01. The zero-order chi connectivity index (χ0) is 17.8. The normalized spacial score (nSPS) is 11.2. The molecule has 0 unspecified atom stereocenters. The maximum absolute atomic E-state index is 6.15. The quantitative estimate of drug-likeness (QED) is 0.569. The number of halogens is 3. The molecule has 0 aliphatic carbocycles. The van der Waals surface area contributed by atoms with Gasteiger partial charge in [-0.25, -0.2) is 0 Å². The van der Waals surface area contributed by atoms with E-state index in [2.05, 4.69) is 26.1 Å². The van der Waals surface area contributed by atoms with Crippen LogP contribution in [0.5, 0.6) is 5.75 Å². The number of anilines is 1. The first-order chi connectivity index (χ1) is 12.0. The van der Waals surface area contributed by atoms with Crippen LogP contribution in [0.1, 0.15) is 17.0 Å². The molecular weight excluding hydrogens is 429 g/mol. The summed E-state index contributed by atoms with van der Waals surface area (Å²) in [6.45, 7) is 0.338. The van der Waals surface area contributed by atoms with Crippen molar-refractivity contribution >= 4 is 57.3 Å². The minimum Gasteiger partial charge on any atom is -0.488 e. The van der Waals surface area contributed by atoms with E-state index in [4.69, 9.17) is 38.1 Å². The third-order valence-corrected chi connectivity index (χ3v) is 4.44. The molecule has 0 spiro atoms. The monoisotopic (exact) mass is 439 g/mol. The van der Waals surface area contributed by atoms with Crippen LogP contribution in [-0.2, 0) is 6.61 Å². The van der Waals surface area contributed by atoms with Crippen LogP contribution >= 0.6 is 39.1 Å². The van der Waals surface area contributed by atoms with Crippen molar-refractivity contribution in [2.75, 3.05) is 5.73 Å². The van der Waals surface area contributed by atoms with Crippen LogP contribution < -0.4 is 10.5 Å². The highest BCUT2D eigenvalue weighted by molar-refractivity contribution is 9.10. The lowest BCUT2D eigenvalue weighted by Gasteiger charge is -2.10. The van der Waals surface area contributed by atoms with Gasteiger partial charge in [0.15, 0.2) is 0 Å². The van der Waals surface area contributed by atoms with E-state index in [1.807, 2.05) is 30.3 Å². The minimum absolute atomic E-state index is 0.0328. The second-order valence-electron chi connectivity index (χ2n) is 5.03. The maximum atomic E-state index is 6.15. The molecule has 1 heterocycles. The standard InChI is InChI=1S/C17H12BrCl2N3O2/c18-13-7-10(2-6-16-22-23-17(21)25-16)1-5-15(13)24-9-11-3-4-12(19)8-14(11)20/h1-8H,9H2,(H2,21,23)/b6-2+. The smallest absolute Gasteiger partial charge is 0.313 e. The fraction of sp³-hybridized carbons (Fsp3) is 0.0588. The first kappa shape index (κ1) is 17.8. The van der Waals surface area contributed by atoms with Crippen molar-refractivity contribution in [1.82, 2.24) is 10.2 Å². The van der Waals surface area contributed by atoms with Crippen LogP contribution in [-0.4, -0.2) is 10.2 Å². The Morgan fingerprint density at radius 2 is 1.96 bits per heavy atom. The SMILES string of the molecule is Nc1nnc(/C=C/c2ccc(OCc3ccc(Cl)cc3Cl)c(Br)c2)o1. The van der Waals surface area contributed by atoms with E-state index in [0.29, 0.717) is 28.3 Å². The molecule has 0 saturated carbocycles. The molecule has 0 atom stereocenters. The van der Waals surface area contributed by atoms with Crippen molar-refractivity contribution in [3.05, 3.63) is 67.9 Å². The summed E-state index contributed by atoms with van der Waals surface area (Å²) in [4.78, 5) is 0. The van der Waals surface area contributed by atoms with Crippen molar-refractivity contribution in [3.8, 4) is 5.75 Å². The van der Waals surface area contributed by atoms with Gasteiger partial charge in [-0.15, -0.1) is 5.10 Å². The zero-order valence-corrected chi connectivity index (χ0v) is 15.8. The van der Waals surface area contributed by atoms with Gasteiger partial charge in [-0.1, -0.05) is 40.4 Å². The number of benzene rings is 2. The summed E-state index contributed by atoms with van der Waals surface area (Å²) < 4.78 is 11.7. The first-order valence-corrected chi connectivity index (χ1v) is 8.69. The summed E-state index contributed by atoms with van der Waals surface area (Å²) in [6.07, 6.45) is 3.51. The molecule has 128 valence electrons. The summed E-state index contributed by atoms with van der Waals surface area (Å²) in [5.74, 6) is 1.04. The van der Waals surface area contributed by atoms with E-state index in [1.54, 1.807) is 18.2 Å². The Labute approximate surface area is 162 Å². The molecule has 0 bridgehead atoms. The van der Waals surface area contributed by atoms with Gasteiger partial charge in [0, 0.05) is 21.7 Å². The number of hydrogen-bond acceptors (Lipinski definition) is 5. The van der Waals surface area contributed by atoms with Gasteiger partial charge in [-0.05, 0) is 51.8 Å². The summed E-state index contributed by atoms with van der Waals surface area (Å²) >= 11 is 15.5. The summed E-state index contributed by atoms with van der Waals surface area (Å²) in [7, 11) is 0. The molecule has 2 aromatic carbocycles. The van der Waals surface area contributed by atoms with Gasteiger partial charge in [-0.2, -0.15) is 0 Å². The van der Waals surface area contributed by atoms with E-state index >= 15 is 0 Å². The van der Waals surface area contributed by atoms with E-state index in [1.165, 1.54) is 0 Å². The van der Waals surface area contributed by atoms with Gasteiger partial charge in [0.05, 0.1) is 4.47 Å². The number of aromatic nitrogens is 2. The Kier molecular flexibility index (Phi) is 5.63. The highest BCUT2D eigenvalue weighted by atomic mass is 79.9. The Morgan fingerprint density at radius 1 is 1.12 bits per heavy atom. The second kappa shape index (κ2) is 7.91. The predicted octanol–water partition coefficient (Wildman–Crippen LogP) is 5.47. The number of ether oxygens (including phenoxy) is 1. The Morgan fingerprint density at radius 3 is 2.64 bits per heavy atom. The van der Waals surface area contributed by atoms with Crippen molar-refractivity contribution in [2.45, 2.75) is 6.61 Å². The van der Waals surface area contributed by atoms with Gasteiger partial charge in [0.2, 0.25) is 5.89 Å². The fourth-order valence-corrected chi connectivity index (χ4v) is 2.99. The molecule has 0 aliphatic heterocycles. The molecule has 0 aliphatic rings. The van der Waals surface area contributed by atoms with Crippen LogP contribution in [0.4, 0.5) is 6.01 Å². The average molecular weight is 441 g/mol. The number of hydrogen-bond donors (Lipinski definition) is 1. The maximum Gasteiger partial charge on any atom is 0.313 e. The molecule has 0 fully saturated rings. The van der Waals surface area contributed by atoms with Crippen LogP contribution in [0.2, 0.25) is 10.0 Å². The molecule has 3 aromatic rings. The first-order valence-electron chi connectivity index (χ1n) is 7.14. The number of rotatable bonds is 5. The van der Waals surface area contributed by atoms with Gasteiger partial charge in [-0.3, -0.25) is 0 Å². The van der Waals surface area contributed by atoms with Crippen LogP contribution in [0, 0.1) is 0 Å². The second-order valence-corrected chi connectivity index (χ2v) is 6.72. The Bertz CT molecular complexity index is 928. The molecule has 5 nitrogen and oxygen atoms in total. The lowest BCUT2D eigenvalue weighted by Crippen LogP contribution is -1.97. The number of nitrogens with zero attached hydrogens (tertiary/aromatic N) is 2. The van der Waals surface area contributed by atoms with E-state index in [9.17, 15) is 0 Å². The van der Waals surface area contributed by atoms with Crippen molar-refractivity contribution in [3.63, 3.8) is 0 Å². The van der Waals surface area contributed by atoms with Crippen molar-refractivity contribution < 1.29 is 9.15 Å². The zero-order valence-electron chi connectivity index (χ0n) is 12.7. The van der Waals surface area contributed by atoms with E-state index in [-0.39, 0.29) is 6.01 Å². The lowest BCUT2D eigenvalue weighted by atomic mass is 10.2. The third-order valence-electron chi connectivity index (χ3n) is 3.23. The molecule has 2 N–H and O–H groups in total. The average Bonchev–Trinajstić information content (AvgIpc) is 2.99. The highest BCUT2D eigenvalue weighted by Crippen LogP contribution is 2.29. The molecule has 1 aromatic heterocycles. The van der Waals surface area contributed by atoms with Gasteiger partial charge in [0.25, 0.3) is 0 Å². The lowest BCUT2D eigenvalue weighted by molar-refractivity contribution is 0.304. The van der Waals surface area contributed by atoms with Gasteiger partial charge in [0.1, 0.15) is 12.4 Å². The van der Waals surface area contributed by atoms with Crippen LogP contribution in [0.3, 0.4) is 0 Å². The highest BCUT2D eigenvalue weighted by Gasteiger charge is 2.06. The Hall–Kier alpha value is -2.02. The van der Waals surface area contributed by atoms with Crippen LogP contribution in [0.25, 0.3) is 12.2 Å². The minimum atomic E-state index is 0.0328. The third kappa shape index (κ3) is 4.75. The Balaban J connectivity index is 1.68. The molecule has 25 heavy (non-hydrogen) atoms. The van der Waals surface area contributed by atoms with Crippen molar-refractivity contribution in [2.24, 2.45) is 0 Å². The molecule has 0 amide bonds. The molecule has 0 saturated heterocycles. The van der Waals surface area contributed by atoms with E-state index in [0.717, 1.165) is 15.6 Å². The van der Waals surface area contributed by atoms with E-state index < -0.39 is 0 Å². The number of nitrogens with two attached hydrogens (primary N) is 1. The van der Waals surface area contributed by atoms with Gasteiger partial charge >= 0.3 is 6.01 Å². The largest absolute Gasteiger partial charge is 0.488 e. The van der Waals surface area contributed by atoms with Gasteiger partial charge < -0.3 is 14.9 Å². The molecule has 8 heteroatoms. The predicted molar refractivity (Wildman–Crippen MR) is 103 cm³/mol. The molecular formula is C17H12BrCl2N3O2. The summed E-state index contributed by atoms with van der Waals surface area (Å²) in [5.41, 5.74) is 7.17. The van der Waals surface area contributed by atoms with Crippen LogP contribution in [0.15, 0.2) is 45.3 Å².